The van der Waals surface area contributed by atoms with Gasteiger partial charge in [-0.25, -0.2) is 0 Å². The topological polar surface area (TPSA) is 87.2 Å². The van der Waals surface area contributed by atoms with Gasteiger partial charge in [0.1, 0.15) is 5.75 Å². The van der Waals surface area contributed by atoms with Gasteiger partial charge in [0.2, 0.25) is 5.91 Å². The van der Waals surface area contributed by atoms with Crippen molar-refractivity contribution in [1.82, 2.24) is 0 Å². The predicted molar refractivity (Wildman–Crippen MR) is 96.0 cm³/mol. The number of nitrogens with two attached hydrogens (primary N) is 1. The number of aromatic hydroxyl groups is 1. The first kappa shape index (κ1) is 21.2. The van der Waals surface area contributed by atoms with E-state index in [-0.39, 0.29) is 11.3 Å². The van der Waals surface area contributed by atoms with Gasteiger partial charge in [0.05, 0.1) is 10.0 Å². The molecule has 4 nitrogen and oxygen atoms in total. The van der Waals surface area contributed by atoms with Crippen LogP contribution in [0.15, 0.2) is 45.3 Å². The molecule has 0 aliphatic heterocycles. The summed E-state index contributed by atoms with van der Waals surface area (Å²) in [6, 6.07) is 7.18. The van der Waals surface area contributed by atoms with E-state index in [9.17, 15) is 23.1 Å². The molecule has 134 valence electrons. The SMILES string of the molecule is CC(=N)c1cc(Br)cc(Br)c1O.NC(=O)c1ccc(C(F)(F)F)cc1. The van der Waals surface area contributed by atoms with Crippen molar-refractivity contribution in [3.63, 3.8) is 0 Å². The summed E-state index contributed by atoms with van der Waals surface area (Å²) in [6.45, 7) is 1.63. The van der Waals surface area contributed by atoms with Crippen LogP contribution in [0.5, 0.6) is 5.75 Å². The number of phenols is 1. The van der Waals surface area contributed by atoms with Gasteiger partial charge in [0.25, 0.3) is 0 Å². The monoisotopic (exact) mass is 480 g/mol. The van der Waals surface area contributed by atoms with Gasteiger partial charge in [0, 0.05) is 21.3 Å². The second-order valence-electron chi connectivity index (χ2n) is 4.85. The van der Waals surface area contributed by atoms with Crippen LogP contribution in [-0.2, 0) is 6.18 Å². The zero-order chi connectivity index (χ0) is 19.4. The van der Waals surface area contributed by atoms with Crippen LogP contribution >= 0.6 is 31.9 Å². The Labute approximate surface area is 158 Å². The van der Waals surface area contributed by atoms with Gasteiger partial charge < -0.3 is 16.2 Å². The van der Waals surface area contributed by atoms with Crippen molar-refractivity contribution < 1.29 is 23.1 Å². The number of amides is 1. The number of carbonyl (C=O) groups is 1. The Balaban J connectivity index is 0.000000251. The highest BCUT2D eigenvalue weighted by molar-refractivity contribution is 9.11. The van der Waals surface area contributed by atoms with Gasteiger partial charge in [0.15, 0.2) is 0 Å². The molecule has 2 aromatic carbocycles. The van der Waals surface area contributed by atoms with E-state index >= 15 is 0 Å². The summed E-state index contributed by atoms with van der Waals surface area (Å²) in [5.74, 6) is -0.626. The summed E-state index contributed by atoms with van der Waals surface area (Å²) in [4.78, 5) is 10.5. The van der Waals surface area contributed by atoms with Gasteiger partial charge in [-0.2, -0.15) is 13.2 Å². The quantitative estimate of drug-likeness (QED) is 0.520. The molecule has 1 amide bonds. The molecule has 0 saturated heterocycles. The molecule has 2 aromatic rings. The van der Waals surface area contributed by atoms with E-state index in [0.717, 1.165) is 28.7 Å². The molecule has 2 rings (SSSR count). The standard InChI is InChI=1S/C8H7Br2NO.C8H6F3NO/c1-4(11)6-2-5(9)3-7(10)8(6)12;9-8(10,11)6-3-1-5(2-4-6)7(12)13/h2-3,11-12H,1H3;1-4H,(H2,12,13). The Hall–Kier alpha value is -1.87. The molecule has 0 saturated carbocycles. The Morgan fingerprint density at radius 2 is 1.68 bits per heavy atom. The Morgan fingerprint density at radius 1 is 1.16 bits per heavy atom. The van der Waals surface area contributed by atoms with E-state index in [2.05, 4.69) is 31.9 Å². The highest BCUT2D eigenvalue weighted by Gasteiger charge is 2.30. The lowest BCUT2D eigenvalue weighted by atomic mass is 10.1. The second kappa shape index (κ2) is 8.48. The van der Waals surface area contributed by atoms with E-state index in [1.54, 1.807) is 19.1 Å². The van der Waals surface area contributed by atoms with Crippen molar-refractivity contribution in [2.24, 2.45) is 5.73 Å². The van der Waals surface area contributed by atoms with E-state index in [0.29, 0.717) is 15.7 Å². The molecule has 0 aliphatic rings. The second-order valence-corrected chi connectivity index (χ2v) is 6.62. The summed E-state index contributed by atoms with van der Waals surface area (Å²) in [6.07, 6.45) is -4.38. The summed E-state index contributed by atoms with van der Waals surface area (Å²) >= 11 is 6.47. The smallest absolute Gasteiger partial charge is 0.416 e. The summed E-state index contributed by atoms with van der Waals surface area (Å²) in [5.41, 5.74) is 5.00. The van der Waals surface area contributed by atoms with Crippen LogP contribution in [0.3, 0.4) is 0 Å². The minimum atomic E-state index is -4.38. The summed E-state index contributed by atoms with van der Waals surface area (Å²) in [5, 5.41) is 16.9. The van der Waals surface area contributed by atoms with Crippen LogP contribution in [0.1, 0.15) is 28.4 Å². The van der Waals surface area contributed by atoms with Crippen LogP contribution < -0.4 is 5.73 Å². The molecule has 0 radical (unpaired) electrons. The van der Waals surface area contributed by atoms with Gasteiger partial charge in [-0.1, -0.05) is 15.9 Å². The molecule has 0 aliphatic carbocycles. The Morgan fingerprint density at radius 3 is 2.08 bits per heavy atom. The minimum absolute atomic E-state index is 0.0630. The number of alkyl halides is 3. The predicted octanol–water partition coefficient (Wildman–Crippen LogP) is 5.11. The molecule has 4 N–H and O–H groups in total. The molecule has 9 heteroatoms. The average Bonchev–Trinajstić information content (AvgIpc) is 2.50. The van der Waals surface area contributed by atoms with Crippen LogP contribution in [0, 0.1) is 5.41 Å². The Bertz CT molecular complexity index is 791. The zero-order valence-electron chi connectivity index (χ0n) is 12.8. The van der Waals surface area contributed by atoms with Crippen molar-refractivity contribution in [3.05, 3.63) is 62.0 Å². The highest BCUT2D eigenvalue weighted by atomic mass is 79.9. The Kier molecular flexibility index (Phi) is 7.18. The van der Waals surface area contributed by atoms with Gasteiger partial charge in [-0.3, -0.25) is 4.79 Å². The molecule has 0 unspecified atom stereocenters. The van der Waals surface area contributed by atoms with Crippen molar-refractivity contribution >= 4 is 43.5 Å². The fourth-order valence-electron chi connectivity index (χ4n) is 1.68. The number of nitrogens with one attached hydrogen (secondary N) is 1. The average molecular weight is 482 g/mol. The third kappa shape index (κ3) is 6.17. The first-order valence-electron chi connectivity index (χ1n) is 6.64. The maximum Gasteiger partial charge on any atom is 0.416 e. The third-order valence-electron chi connectivity index (χ3n) is 2.93. The van der Waals surface area contributed by atoms with Crippen molar-refractivity contribution in [3.8, 4) is 5.75 Å². The first-order valence-corrected chi connectivity index (χ1v) is 8.22. The van der Waals surface area contributed by atoms with E-state index < -0.39 is 17.6 Å². The molecule has 0 aromatic heterocycles. The van der Waals surface area contributed by atoms with E-state index in [4.69, 9.17) is 11.1 Å². The molecule has 0 bridgehead atoms. The lowest BCUT2D eigenvalue weighted by Gasteiger charge is -2.05. The lowest BCUT2D eigenvalue weighted by Crippen LogP contribution is -2.11. The molecule has 0 fully saturated rings. The molecular weight excluding hydrogens is 469 g/mol. The number of carbonyl (C=O) groups excluding carboxylic acids is 1. The largest absolute Gasteiger partial charge is 0.506 e. The lowest BCUT2D eigenvalue weighted by molar-refractivity contribution is -0.137. The number of phenolic OH excluding ortho intramolecular Hbond substituents is 1. The number of hydrogen-bond donors (Lipinski definition) is 3. The summed E-state index contributed by atoms with van der Waals surface area (Å²) < 4.78 is 37.5. The first-order chi connectivity index (χ1) is 11.4. The maximum absolute atomic E-state index is 12.0. The number of hydrogen-bond acceptors (Lipinski definition) is 3. The highest BCUT2D eigenvalue weighted by Crippen LogP contribution is 2.31. The fourth-order valence-corrected chi connectivity index (χ4v) is 2.90. The maximum atomic E-state index is 12.0. The zero-order valence-corrected chi connectivity index (χ0v) is 16.0. The molecule has 25 heavy (non-hydrogen) atoms. The van der Waals surface area contributed by atoms with Crippen LogP contribution in [-0.4, -0.2) is 16.7 Å². The fraction of sp³-hybridized carbons (Fsp3) is 0.125. The normalized spacial score (nSPS) is 10.6. The van der Waals surface area contributed by atoms with Crippen LogP contribution in [0.2, 0.25) is 0 Å². The number of halogens is 5. The summed E-state index contributed by atoms with van der Waals surface area (Å²) in [7, 11) is 0. The van der Waals surface area contributed by atoms with E-state index in [1.165, 1.54) is 0 Å². The third-order valence-corrected chi connectivity index (χ3v) is 3.99. The van der Waals surface area contributed by atoms with Crippen molar-refractivity contribution in [2.75, 3.05) is 0 Å². The van der Waals surface area contributed by atoms with E-state index in [1.807, 2.05) is 0 Å². The molecule has 0 heterocycles. The number of primary amides is 1. The van der Waals surface area contributed by atoms with Gasteiger partial charge >= 0.3 is 6.18 Å². The van der Waals surface area contributed by atoms with Gasteiger partial charge in [-0.15, -0.1) is 0 Å². The minimum Gasteiger partial charge on any atom is -0.506 e. The van der Waals surface area contributed by atoms with Gasteiger partial charge in [-0.05, 0) is 59.3 Å². The molecular formula is C16H13Br2F3N2O2. The number of rotatable bonds is 2. The molecule has 0 spiro atoms. The van der Waals surface area contributed by atoms with Crippen LogP contribution in [0.25, 0.3) is 0 Å². The van der Waals surface area contributed by atoms with Crippen molar-refractivity contribution in [1.29, 1.82) is 5.41 Å². The van der Waals surface area contributed by atoms with Crippen molar-refractivity contribution in [2.45, 2.75) is 13.1 Å². The molecule has 0 atom stereocenters. The number of benzene rings is 2. The van der Waals surface area contributed by atoms with Crippen LogP contribution in [0.4, 0.5) is 13.2 Å².